The Kier molecular flexibility index (Phi) is 6.59. The summed E-state index contributed by atoms with van der Waals surface area (Å²) >= 11 is 7.66. The minimum Gasteiger partial charge on any atom is -0.322 e. The topological polar surface area (TPSA) is 29.1 Å². The highest BCUT2D eigenvalue weighted by molar-refractivity contribution is 7.98. The molecule has 0 aliphatic carbocycles. The summed E-state index contributed by atoms with van der Waals surface area (Å²) in [5, 5.41) is 3.78. The smallest absolute Gasteiger partial charge is 0.255 e. The van der Waals surface area contributed by atoms with Crippen LogP contribution in [0.1, 0.15) is 41.3 Å². The molecule has 1 amide bonds. The Hall–Kier alpha value is -2.23. The van der Waals surface area contributed by atoms with Gasteiger partial charge in [0.15, 0.2) is 0 Å². The molecule has 0 radical (unpaired) electrons. The second-order valence-electron chi connectivity index (χ2n) is 6.64. The zero-order valence-electron chi connectivity index (χ0n) is 15.4. The molecule has 27 heavy (non-hydrogen) atoms. The zero-order chi connectivity index (χ0) is 19.2. The normalized spacial score (nSPS) is 10.8. The highest BCUT2D eigenvalue weighted by atomic mass is 35.5. The Labute approximate surface area is 170 Å². The number of amides is 1. The fraction of sp³-hybridized carbons (Fsp3) is 0.174. The Morgan fingerprint density at radius 1 is 0.963 bits per heavy atom. The number of nitrogens with one attached hydrogen (secondary N) is 1. The van der Waals surface area contributed by atoms with Crippen molar-refractivity contribution in [2.45, 2.75) is 30.4 Å². The van der Waals surface area contributed by atoms with Gasteiger partial charge in [0.25, 0.3) is 5.91 Å². The zero-order valence-corrected chi connectivity index (χ0v) is 17.0. The number of halogens is 1. The molecule has 0 fully saturated rings. The Morgan fingerprint density at radius 2 is 1.63 bits per heavy atom. The lowest BCUT2D eigenvalue weighted by Gasteiger charge is -2.13. The van der Waals surface area contributed by atoms with Gasteiger partial charge < -0.3 is 5.32 Å². The van der Waals surface area contributed by atoms with E-state index in [1.165, 1.54) is 10.5 Å². The third-order valence-corrected chi connectivity index (χ3v) is 5.60. The van der Waals surface area contributed by atoms with Gasteiger partial charge in [0.1, 0.15) is 0 Å². The van der Waals surface area contributed by atoms with Gasteiger partial charge in [-0.05, 0) is 59.5 Å². The Balaban J connectivity index is 1.63. The second-order valence-corrected chi connectivity index (χ2v) is 8.12. The van der Waals surface area contributed by atoms with Crippen LogP contribution in [-0.2, 0) is 5.75 Å². The first-order valence-corrected chi connectivity index (χ1v) is 10.3. The SMILES string of the molecule is CC(C)c1ccccc1NC(=O)c1ccc(CSc2ccc(Cl)cc2)cc1. The molecule has 138 valence electrons. The number of hydrogen-bond acceptors (Lipinski definition) is 2. The van der Waals surface area contributed by atoms with Gasteiger partial charge in [-0.2, -0.15) is 0 Å². The quantitative estimate of drug-likeness (QED) is 0.455. The predicted octanol–water partition coefficient (Wildman–Crippen LogP) is 7.01. The monoisotopic (exact) mass is 395 g/mol. The van der Waals surface area contributed by atoms with Gasteiger partial charge in [0, 0.05) is 26.9 Å². The molecule has 0 aromatic heterocycles. The molecule has 0 heterocycles. The molecule has 3 aromatic carbocycles. The lowest BCUT2D eigenvalue weighted by molar-refractivity contribution is 0.102. The van der Waals surface area contributed by atoms with Crippen LogP contribution in [0.4, 0.5) is 5.69 Å². The minimum absolute atomic E-state index is 0.0833. The molecule has 0 spiro atoms. The fourth-order valence-electron chi connectivity index (χ4n) is 2.76. The molecule has 2 nitrogen and oxygen atoms in total. The van der Waals surface area contributed by atoms with Gasteiger partial charge in [0.2, 0.25) is 0 Å². The van der Waals surface area contributed by atoms with Crippen molar-refractivity contribution in [2.75, 3.05) is 5.32 Å². The van der Waals surface area contributed by atoms with Gasteiger partial charge >= 0.3 is 0 Å². The summed E-state index contributed by atoms with van der Waals surface area (Å²) in [6.45, 7) is 4.25. The lowest BCUT2D eigenvalue weighted by atomic mass is 10.0. The molecule has 0 saturated carbocycles. The van der Waals surface area contributed by atoms with Gasteiger partial charge in [-0.1, -0.05) is 55.8 Å². The van der Waals surface area contributed by atoms with E-state index in [0.717, 1.165) is 22.0 Å². The van der Waals surface area contributed by atoms with Crippen LogP contribution in [-0.4, -0.2) is 5.91 Å². The van der Waals surface area contributed by atoms with Crippen molar-refractivity contribution in [1.29, 1.82) is 0 Å². The summed E-state index contributed by atoms with van der Waals surface area (Å²) in [5.41, 5.74) is 3.85. The van der Waals surface area contributed by atoms with E-state index >= 15 is 0 Å². The summed E-state index contributed by atoms with van der Waals surface area (Å²) in [7, 11) is 0. The Morgan fingerprint density at radius 3 is 2.30 bits per heavy atom. The third-order valence-electron chi connectivity index (χ3n) is 4.27. The first-order valence-electron chi connectivity index (χ1n) is 8.90. The van der Waals surface area contributed by atoms with E-state index in [0.29, 0.717) is 11.5 Å². The van der Waals surface area contributed by atoms with E-state index in [2.05, 4.69) is 25.2 Å². The summed E-state index contributed by atoms with van der Waals surface area (Å²) < 4.78 is 0. The maximum atomic E-state index is 12.6. The third kappa shape index (κ3) is 5.38. The molecule has 0 aliphatic rings. The number of carbonyl (C=O) groups is 1. The van der Waals surface area contributed by atoms with Crippen LogP contribution in [0.25, 0.3) is 0 Å². The molecule has 1 N–H and O–H groups in total. The number of benzene rings is 3. The standard InChI is InChI=1S/C23H22ClNOS/c1-16(2)21-5-3-4-6-22(21)25-23(26)18-9-7-17(8-10-18)15-27-20-13-11-19(24)12-14-20/h3-14,16H,15H2,1-2H3,(H,25,26). The van der Waals surface area contributed by atoms with Crippen molar-refractivity contribution < 1.29 is 4.79 Å². The molecule has 3 rings (SSSR count). The highest BCUT2D eigenvalue weighted by Crippen LogP contribution is 2.26. The Bertz CT molecular complexity index is 904. The number of anilines is 1. The van der Waals surface area contributed by atoms with Crippen molar-refractivity contribution in [2.24, 2.45) is 0 Å². The van der Waals surface area contributed by atoms with Crippen LogP contribution in [0.15, 0.2) is 77.7 Å². The summed E-state index contributed by atoms with van der Waals surface area (Å²) in [4.78, 5) is 13.8. The van der Waals surface area contributed by atoms with E-state index in [1.54, 1.807) is 11.8 Å². The van der Waals surface area contributed by atoms with Crippen molar-refractivity contribution in [3.05, 3.63) is 94.5 Å². The van der Waals surface area contributed by atoms with Gasteiger partial charge in [-0.15, -0.1) is 11.8 Å². The number of thioether (sulfide) groups is 1. The average molecular weight is 396 g/mol. The minimum atomic E-state index is -0.0833. The van der Waals surface area contributed by atoms with Crippen LogP contribution in [0.5, 0.6) is 0 Å². The fourth-order valence-corrected chi connectivity index (χ4v) is 3.74. The lowest BCUT2D eigenvalue weighted by Crippen LogP contribution is -2.13. The molecular weight excluding hydrogens is 374 g/mol. The van der Waals surface area contributed by atoms with Crippen molar-refractivity contribution >= 4 is 35.0 Å². The number of rotatable bonds is 6. The van der Waals surface area contributed by atoms with Crippen LogP contribution in [0.3, 0.4) is 0 Å². The maximum Gasteiger partial charge on any atom is 0.255 e. The van der Waals surface area contributed by atoms with E-state index < -0.39 is 0 Å². The van der Waals surface area contributed by atoms with Gasteiger partial charge in [0.05, 0.1) is 0 Å². The molecule has 3 aromatic rings. The largest absolute Gasteiger partial charge is 0.322 e. The van der Waals surface area contributed by atoms with Gasteiger partial charge in [-0.25, -0.2) is 0 Å². The van der Waals surface area contributed by atoms with Crippen molar-refractivity contribution in [1.82, 2.24) is 0 Å². The molecule has 0 aliphatic heterocycles. The summed E-state index contributed by atoms with van der Waals surface area (Å²) in [6.07, 6.45) is 0. The number of para-hydroxylation sites is 1. The molecule has 0 unspecified atom stereocenters. The number of hydrogen-bond donors (Lipinski definition) is 1. The van der Waals surface area contributed by atoms with E-state index in [-0.39, 0.29) is 5.91 Å². The molecule has 0 saturated heterocycles. The molecular formula is C23H22ClNOS. The maximum absolute atomic E-state index is 12.6. The van der Waals surface area contributed by atoms with Crippen LogP contribution < -0.4 is 5.32 Å². The molecule has 0 bridgehead atoms. The summed E-state index contributed by atoms with van der Waals surface area (Å²) in [6, 6.07) is 23.5. The van der Waals surface area contributed by atoms with Gasteiger partial charge in [-0.3, -0.25) is 4.79 Å². The van der Waals surface area contributed by atoms with E-state index in [4.69, 9.17) is 11.6 Å². The van der Waals surface area contributed by atoms with Crippen LogP contribution in [0.2, 0.25) is 5.02 Å². The first-order chi connectivity index (χ1) is 13.0. The van der Waals surface area contributed by atoms with Crippen molar-refractivity contribution in [3.8, 4) is 0 Å². The average Bonchev–Trinajstić information content (AvgIpc) is 2.68. The van der Waals surface area contributed by atoms with E-state index in [1.807, 2.05) is 66.7 Å². The van der Waals surface area contributed by atoms with Crippen LogP contribution >= 0.6 is 23.4 Å². The van der Waals surface area contributed by atoms with Crippen LogP contribution in [0, 0.1) is 0 Å². The predicted molar refractivity (Wildman–Crippen MR) is 116 cm³/mol. The molecule has 4 heteroatoms. The second kappa shape index (κ2) is 9.12. The van der Waals surface area contributed by atoms with Crippen molar-refractivity contribution in [3.63, 3.8) is 0 Å². The highest BCUT2D eigenvalue weighted by Gasteiger charge is 2.11. The van der Waals surface area contributed by atoms with E-state index in [9.17, 15) is 4.79 Å². The first kappa shape index (κ1) is 19.5. The number of carbonyl (C=O) groups excluding carboxylic acids is 1. The summed E-state index contributed by atoms with van der Waals surface area (Å²) in [5.74, 6) is 1.12. The molecule has 0 atom stereocenters.